The fourth-order valence-corrected chi connectivity index (χ4v) is 2.22. The highest BCUT2D eigenvalue weighted by Crippen LogP contribution is 2.18. The first-order valence-corrected chi connectivity index (χ1v) is 6.88. The number of carbonyl (C=O) groups is 4. The Hall–Kier alpha value is -2.90. The summed E-state index contributed by atoms with van der Waals surface area (Å²) in [5, 5.41) is 1.06. The Morgan fingerprint density at radius 3 is 2.70 bits per heavy atom. The van der Waals surface area contributed by atoms with Crippen LogP contribution in [-0.4, -0.2) is 42.4 Å². The van der Waals surface area contributed by atoms with E-state index in [-0.39, 0.29) is 24.3 Å². The fourth-order valence-electron chi connectivity index (χ4n) is 2.22. The number of methoxy groups -OCH3 is 1. The molecule has 1 heterocycles. The van der Waals surface area contributed by atoms with Gasteiger partial charge in [0.1, 0.15) is 5.75 Å². The molecule has 0 saturated carbocycles. The topological polar surface area (TPSA) is 102 Å². The first-order chi connectivity index (χ1) is 10.9. The molecule has 1 unspecified atom stereocenters. The molecule has 0 bridgehead atoms. The van der Waals surface area contributed by atoms with Gasteiger partial charge in [0, 0.05) is 18.9 Å². The van der Waals surface area contributed by atoms with Crippen LogP contribution in [0.1, 0.15) is 23.7 Å². The van der Waals surface area contributed by atoms with Crippen LogP contribution in [-0.2, 0) is 19.1 Å². The van der Waals surface area contributed by atoms with Crippen LogP contribution in [0.3, 0.4) is 0 Å². The summed E-state index contributed by atoms with van der Waals surface area (Å²) in [7, 11) is 1.23. The van der Waals surface area contributed by atoms with E-state index in [1.54, 1.807) is 6.07 Å². The molecule has 23 heavy (non-hydrogen) atoms. The van der Waals surface area contributed by atoms with Gasteiger partial charge in [0.25, 0.3) is 5.91 Å². The van der Waals surface area contributed by atoms with Crippen molar-refractivity contribution in [3.63, 3.8) is 0 Å². The number of ether oxygens (including phenoxy) is 2. The lowest BCUT2D eigenvalue weighted by Gasteiger charge is -2.31. The number of hydrogen-bond acceptors (Lipinski definition) is 6. The molecular formula is C15H16N2O6. The second-order valence-electron chi connectivity index (χ2n) is 5.00. The van der Waals surface area contributed by atoms with E-state index in [0.29, 0.717) is 0 Å². The maximum absolute atomic E-state index is 12.5. The van der Waals surface area contributed by atoms with Gasteiger partial charge in [-0.2, -0.15) is 0 Å². The van der Waals surface area contributed by atoms with E-state index in [1.165, 1.54) is 32.2 Å². The molecule has 2 amide bonds. The van der Waals surface area contributed by atoms with Crippen LogP contribution >= 0.6 is 0 Å². The molecule has 8 nitrogen and oxygen atoms in total. The quantitative estimate of drug-likeness (QED) is 0.634. The Bertz CT molecular complexity index is 657. The van der Waals surface area contributed by atoms with Gasteiger partial charge >= 0.3 is 11.9 Å². The predicted octanol–water partition coefficient (Wildman–Crippen LogP) is 0.278. The minimum atomic E-state index is -0.714. The largest absolute Gasteiger partial charge is 0.469 e. The van der Waals surface area contributed by atoms with Gasteiger partial charge in [-0.05, 0) is 18.2 Å². The first kappa shape index (κ1) is 16.5. The Morgan fingerprint density at radius 1 is 1.30 bits per heavy atom. The summed E-state index contributed by atoms with van der Waals surface area (Å²) >= 11 is 0. The van der Waals surface area contributed by atoms with E-state index < -0.39 is 29.7 Å². The van der Waals surface area contributed by atoms with Crippen LogP contribution in [0.4, 0.5) is 0 Å². The van der Waals surface area contributed by atoms with Crippen LogP contribution in [0, 0.1) is 5.92 Å². The van der Waals surface area contributed by atoms with E-state index in [9.17, 15) is 19.2 Å². The maximum Gasteiger partial charge on any atom is 0.311 e. The third-order valence-electron chi connectivity index (χ3n) is 3.22. The van der Waals surface area contributed by atoms with Crippen LogP contribution in [0.2, 0.25) is 0 Å². The monoisotopic (exact) mass is 320 g/mol. The predicted molar refractivity (Wildman–Crippen MR) is 77.1 cm³/mol. The van der Waals surface area contributed by atoms with Crippen molar-refractivity contribution in [2.45, 2.75) is 13.3 Å². The van der Waals surface area contributed by atoms with Crippen molar-refractivity contribution in [2.24, 2.45) is 5.92 Å². The van der Waals surface area contributed by atoms with Crippen LogP contribution < -0.4 is 10.2 Å². The number of nitrogens with zero attached hydrogens (tertiary/aromatic N) is 1. The van der Waals surface area contributed by atoms with Gasteiger partial charge in [0.15, 0.2) is 0 Å². The summed E-state index contributed by atoms with van der Waals surface area (Å²) in [6.45, 7) is 1.26. The zero-order valence-corrected chi connectivity index (χ0v) is 12.7. The van der Waals surface area contributed by atoms with E-state index in [4.69, 9.17) is 4.74 Å². The second kappa shape index (κ2) is 6.91. The Morgan fingerprint density at radius 2 is 2.04 bits per heavy atom. The summed E-state index contributed by atoms with van der Waals surface area (Å²) in [6.07, 6.45) is -0.0378. The number of benzene rings is 1. The smallest absolute Gasteiger partial charge is 0.311 e. The molecule has 1 aromatic carbocycles. The number of hydrazine groups is 1. The average molecular weight is 320 g/mol. The average Bonchev–Trinajstić information content (AvgIpc) is 2.52. The third kappa shape index (κ3) is 4.06. The summed E-state index contributed by atoms with van der Waals surface area (Å²) < 4.78 is 9.54. The van der Waals surface area contributed by atoms with Crippen molar-refractivity contribution < 1.29 is 28.7 Å². The van der Waals surface area contributed by atoms with Crippen LogP contribution in [0.5, 0.6) is 5.75 Å². The fraction of sp³-hybridized carbons (Fsp3) is 0.333. The van der Waals surface area contributed by atoms with Gasteiger partial charge in [-0.3, -0.25) is 24.6 Å². The number of carbonyl (C=O) groups excluding carboxylic acids is 4. The lowest BCUT2D eigenvalue weighted by Crippen LogP contribution is -2.54. The Labute approximate surface area is 132 Å². The van der Waals surface area contributed by atoms with E-state index in [1.807, 2.05) is 0 Å². The Kier molecular flexibility index (Phi) is 4.95. The molecule has 1 atom stereocenters. The molecule has 1 aliphatic rings. The normalized spacial score (nSPS) is 17.2. The third-order valence-corrected chi connectivity index (χ3v) is 3.22. The Balaban J connectivity index is 2.17. The molecule has 122 valence electrons. The molecule has 2 rings (SSSR count). The number of esters is 2. The van der Waals surface area contributed by atoms with E-state index in [2.05, 4.69) is 10.2 Å². The maximum atomic E-state index is 12.5. The van der Waals surface area contributed by atoms with Gasteiger partial charge in [0.05, 0.1) is 19.6 Å². The minimum Gasteiger partial charge on any atom is -0.469 e. The standard InChI is InChI=1S/C15H16N2O6/c1-9(18)23-12-5-3-4-10(6-12)14(20)17-8-11(15(21)22-2)7-13(19)16-17/h3-6,11H,7-8H2,1-2H3,(H,16,19). The van der Waals surface area contributed by atoms with Crippen molar-refractivity contribution in [2.75, 3.05) is 13.7 Å². The highest BCUT2D eigenvalue weighted by Gasteiger charge is 2.33. The van der Waals surface area contributed by atoms with Crippen LogP contribution in [0.25, 0.3) is 0 Å². The van der Waals surface area contributed by atoms with Crippen molar-refractivity contribution >= 4 is 23.8 Å². The summed E-state index contributed by atoms with van der Waals surface area (Å²) in [4.78, 5) is 46.7. The van der Waals surface area contributed by atoms with Crippen molar-refractivity contribution in [3.8, 4) is 5.75 Å². The zero-order valence-electron chi connectivity index (χ0n) is 12.7. The van der Waals surface area contributed by atoms with Gasteiger partial charge in [-0.25, -0.2) is 5.01 Å². The highest BCUT2D eigenvalue weighted by molar-refractivity contribution is 5.97. The lowest BCUT2D eigenvalue weighted by molar-refractivity contribution is -0.151. The summed E-state index contributed by atoms with van der Waals surface area (Å²) in [6, 6.07) is 5.99. The summed E-state index contributed by atoms with van der Waals surface area (Å²) in [5.74, 6) is -2.51. The van der Waals surface area contributed by atoms with Crippen molar-refractivity contribution in [1.29, 1.82) is 0 Å². The van der Waals surface area contributed by atoms with Gasteiger partial charge in [-0.1, -0.05) is 6.07 Å². The first-order valence-electron chi connectivity index (χ1n) is 6.88. The number of hydrogen-bond donors (Lipinski definition) is 1. The molecule has 0 aliphatic carbocycles. The SMILES string of the molecule is COC(=O)C1CC(=O)NN(C(=O)c2cccc(OC(C)=O)c2)C1. The minimum absolute atomic E-state index is 0.00897. The van der Waals surface area contributed by atoms with Crippen molar-refractivity contribution in [1.82, 2.24) is 10.4 Å². The molecule has 1 N–H and O–H groups in total. The van der Waals surface area contributed by atoms with E-state index >= 15 is 0 Å². The van der Waals surface area contributed by atoms with E-state index in [0.717, 1.165) is 5.01 Å². The molecule has 8 heteroatoms. The van der Waals surface area contributed by atoms with Gasteiger partial charge in [-0.15, -0.1) is 0 Å². The molecule has 0 spiro atoms. The van der Waals surface area contributed by atoms with Crippen LogP contribution in [0.15, 0.2) is 24.3 Å². The van der Waals surface area contributed by atoms with Crippen molar-refractivity contribution in [3.05, 3.63) is 29.8 Å². The molecule has 1 fully saturated rings. The number of nitrogens with one attached hydrogen (secondary N) is 1. The number of rotatable bonds is 3. The van der Waals surface area contributed by atoms with Gasteiger partial charge < -0.3 is 9.47 Å². The van der Waals surface area contributed by atoms with Gasteiger partial charge in [0.2, 0.25) is 5.91 Å². The molecular weight excluding hydrogens is 304 g/mol. The highest BCUT2D eigenvalue weighted by atomic mass is 16.5. The molecule has 1 aliphatic heterocycles. The molecule has 1 aromatic rings. The molecule has 0 aromatic heterocycles. The number of amides is 2. The lowest BCUT2D eigenvalue weighted by atomic mass is 10.0. The second-order valence-corrected chi connectivity index (χ2v) is 5.00. The molecule has 1 saturated heterocycles. The zero-order chi connectivity index (χ0) is 17.0. The molecule has 0 radical (unpaired) electrons. The summed E-state index contributed by atoms with van der Waals surface area (Å²) in [5.41, 5.74) is 2.63.